The highest BCUT2D eigenvalue weighted by Crippen LogP contribution is 2.25. The molecule has 22 heavy (non-hydrogen) atoms. The maximum absolute atomic E-state index is 12.4. The lowest BCUT2D eigenvalue weighted by Gasteiger charge is -2.25. The Morgan fingerprint density at radius 2 is 2.00 bits per heavy atom. The summed E-state index contributed by atoms with van der Waals surface area (Å²) in [5, 5.41) is 4.03. The Kier molecular flexibility index (Phi) is 4.43. The number of Topliss-reactive ketones (excluding diaryl/α,β-unsaturated/α-hetero) is 1. The number of benzene rings is 1. The van der Waals surface area contributed by atoms with Crippen LogP contribution in [0.3, 0.4) is 0 Å². The second kappa shape index (κ2) is 6.48. The number of anilines is 1. The zero-order chi connectivity index (χ0) is 15.5. The second-order valence-corrected chi connectivity index (χ2v) is 6.52. The number of carbonyl (C=O) groups is 1. The number of aromatic nitrogens is 2. The van der Waals surface area contributed by atoms with Crippen molar-refractivity contribution in [1.82, 2.24) is 9.97 Å². The average molecular weight is 313 g/mol. The van der Waals surface area contributed by atoms with Crippen LogP contribution in [0.5, 0.6) is 0 Å². The molecule has 3 rings (SSSR count). The summed E-state index contributed by atoms with van der Waals surface area (Å²) in [6, 6.07) is 10.0. The number of hydrogen-bond donors (Lipinski definition) is 1. The summed E-state index contributed by atoms with van der Waals surface area (Å²) in [6.45, 7) is 3.89. The second-order valence-electron chi connectivity index (χ2n) is 5.58. The Labute approximate surface area is 134 Å². The van der Waals surface area contributed by atoms with Gasteiger partial charge in [0, 0.05) is 17.1 Å². The van der Waals surface area contributed by atoms with Gasteiger partial charge in [0.25, 0.3) is 0 Å². The lowest BCUT2D eigenvalue weighted by atomic mass is 9.96. The highest BCUT2D eigenvalue weighted by atomic mass is 32.2. The molecule has 1 N–H and O–H groups in total. The van der Waals surface area contributed by atoms with E-state index in [1.165, 1.54) is 17.3 Å². The lowest BCUT2D eigenvalue weighted by molar-refractivity contribution is -0.117. The Hall–Kier alpha value is -1.88. The largest absolute Gasteiger partial charge is 0.375 e. The maximum Gasteiger partial charge on any atom is 0.188 e. The van der Waals surface area contributed by atoms with Gasteiger partial charge < -0.3 is 5.32 Å². The minimum Gasteiger partial charge on any atom is -0.375 e. The van der Waals surface area contributed by atoms with E-state index in [9.17, 15) is 4.79 Å². The van der Waals surface area contributed by atoms with Gasteiger partial charge in [-0.2, -0.15) is 0 Å². The van der Waals surface area contributed by atoms with Crippen molar-refractivity contribution in [2.24, 2.45) is 0 Å². The van der Waals surface area contributed by atoms with Crippen LogP contribution in [-0.2, 0) is 11.2 Å². The van der Waals surface area contributed by atoms with Crippen LogP contribution in [0.4, 0.5) is 5.69 Å². The van der Waals surface area contributed by atoms with E-state index in [1.807, 2.05) is 38.1 Å². The van der Waals surface area contributed by atoms with Crippen molar-refractivity contribution in [1.29, 1.82) is 0 Å². The lowest BCUT2D eigenvalue weighted by Crippen LogP contribution is -2.34. The summed E-state index contributed by atoms with van der Waals surface area (Å²) in [6.07, 6.45) is 1.80. The first-order valence-electron chi connectivity index (χ1n) is 7.44. The van der Waals surface area contributed by atoms with E-state index in [2.05, 4.69) is 21.4 Å². The van der Waals surface area contributed by atoms with Gasteiger partial charge in [-0.25, -0.2) is 9.97 Å². The van der Waals surface area contributed by atoms with Crippen molar-refractivity contribution in [3.05, 3.63) is 47.3 Å². The number of thioether (sulfide) groups is 1. The molecule has 0 saturated heterocycles. The minimum absolute atomic E-state index is 0.103. The smallest absolute Gasteiger partial charge is 0.188 e. The van der Waals surface area contributed by atoms with E-state index < -0.39 is 0 Å². The van der Waals surface area contributed by atoms with Gasteiger partial charge in [-0.15, -0.1) is 0 Å². The normalized spacial score (nSPS) is 16.7. The van der Waals surface area contributed by atoms with E-state index >= 15 is 0 Å². The van der Waals surface area contributed by atoms with Crippen LogP contribution >= 0.6 is 11.8 Å². The minimum atomic E-state index is -0.103. The first kappa shape index (κ1) is 15.0. The highest BCUT2D eigenvalue weighted by molar-refractivity contribution is 7.99. The van der Waals surface area contributed by atoms with Crippen LogP contribution in [0.25, 0.3) is 0 Å². The first-order chi connectivity index (χ1) is 10.6. The van der Waals surface area contributed by atoms with Gasteiger partial charge in [-0.1, -0.05) is 30.0 Å². The molecule has 1 aromatic carbocycles. The van der Waals surface area contributed by atoms with Gasteiger partial charge in [0.05, 0.1) is 11.8 Å². The van der Waals surface area contributed by atoms with Crippen molar-refractivity contribution in [2.75, 3.05) is 11.1 Å². The standard InChI is InChI=1S/C17H19N3OS/c1-11-9-12(2)19-17(18-11)22-10-16(21)15-8-7-13-5-3-4-6-14(13)20-15/h3-6,9,15,20H,7-8,10H2,1-2H3/t15-/m0/s1. The first-order valence-corrected chi connectivity index (χ1v) is 8.42. The Balaban J connectivity index is 1.61. The summed E-state index contributed by atoms with van der Waals surface area (Å²) in [4.78, 5) is 21.1. The summed E-state index contributed by atoms with van der Waals surface area (Å²) in [5.41, 5.74) is 4.25. The number of nitrogens with zero attached hydrogens (tertiary/aromatic N) is 2. The van der Waals surface area contributed by atoms with Crippen molar-refractivity contribution >= 4 is 23.2 Å². The SMILES string of the molecule is Cc1cc(C)nc(SCC(=O)[C@@H]2CCc3ccccc3N2)n1. The number of carbonyl (C=O) groups excluding carboxylic acids is 1. The number of hydrogen-bond acceptors (Lipinski definition) is 5. The molecular formula is C17H19N3OS. The molecule has 0 saturated carbocycles. The van der Waals surface area contributed by atoms with E-state index in [4.69, 9.17) is 0 Å². The van der Waals surface area contributed by atoms with Crippen molar-refractivity contribution in [2.45, 2.75) is 37.9 Å². The number of ketones is 1. The summed E-state index contributed by atoms with van der Waals surface area (Å²) < 4.78 is 0. The monoisotopic (exact) mass is 313 g/mol. The molecule has 0 spiro atoms. The highest BCUT2D eigenvalue weighted by Gasteiger charge is 2.23. The Morgan fingerprint density at radius 1 is 1.27 bits per heavy atom. The number of aryl methyl sites for hydroxylation is 3. The van der Waals surface area contributed by atoms with Gasteiger partial charge in [-0.05, 0) is 44.4 Å². The molecule has 1 aromatic heterocycles. The number of rotatable bonds is 4. The number of nitrogens with one attached hydrogen (secondary N) is 1. The van der Waals surface area contributed by atoms with Crippen LogP contribution in [0, 0.1) is 13.8 Å². The van der Waals surface area contributed by atoms with Crippen molar-refractivity contribution < 1.29 is 4.79 Å². The third-order valence-corrected chi connectivity index (χ3v) is 4.61. The zero-order valence-corrected chi connectivity index (χ0v) is 13.6. The molecule has 0 fully saturated rings. The van der Waals surface area contributed by atoms with E-state index in [0.717, 1.165) is 29.9 Å². The number of para-hydroxylation sites is 1. The molecule has 114 valence electrons. The van der Waals surface area contributed by atoms with E-state index in [0.29, 0.717) is 10.9 Å². The Bertz CT molecular complexity index is 682. The fraction of sp³-hybridized carbons (Fsp3) is 0.353. The van der Waals surface area contributed by atoms with Crippen LogP contribution in [-0.4, -0.2) is 27.5 Å². The molecule has 4 nitrogen and oxygen atoms in total. The van der Waals surface area contributed by atoms with Crippen LogP contribution < -0.4 is 5.32 Å². The summed E-state index contributed by atoms with van der Waals surface area (Å²) >= 11 is 1.42. The van der Waals surface area contributed by atoms with Crippen LogP contribution in [0.1, 0.15) is 23.4 Å². The van der Waals surface area contributed by atoms with E-state index in [-0.39, 0.29) is 11.8 Å². The quantitative estimate of drug-likeness (QED) is 0.694. The van der Waals surface area contributed by atoms with Crippen molar-refractivity contribution in [3.63, 3.8) is 0 Å². The maximum atomic E-state index is 12.4. The topological polar surface area (TPSA) is 54.9 Å². The fourth-order valence-electron chi connectivity index (χ4n) is 2.67. The predicted octanol–water partition coefficient (Wildman–Crippen LogP) is 3.18. The number of fused-ring (bicyclic) bond motifs is 1. The molecule has 2 aromatic rings. The third-order valence-electron chi connectivity index (χ3n) is 3.74. The molecule has 0 bridgehead atoms. The third kappa shape index (κ3) is 3.47. The van der Waals surface area contributed by atoms with Gasteiger partial charge in [0.15, 0.2) is 10.9 Å². The molecule has 0 radical (unpaired) electrons. The van der Waals surface area contributed by atoms with Gasteiger partial charge in [0.1, 0.15) is 0 Å². The zero-order valence-electron chi connectivity index (χ0n) is 12.8. The molecule has 0 amide bonds. The predicted molar refractivity (Wildman–Crippen MR) is 89.4 cm³/mol. The summed E-state index contributed by atoms with van der Waals surface area (Å²) in [5.74, 6) is 0.616. The molecule has 1 aliphatic heterocycles. The van der Waals surface area contributed by atoms with Gasteiger partial charge in [-0.3, -0.25) is 4.79 Å². The molecule has 5 heteroatoms. The van der Waals surface area contributed by atoms with Gasteiger partial charge >= 0.3 is 0 Å². The molecule has 1 aliphatic rings. The molecule has 0 aliphatic carbocycles. The molecule has 2 heterocycles. The van der Waals surface area contributed by atoms with Crippen molar-refractivity contribution in [3.8, 4) is 0 Å². The molecule has 1 atom stereocenters. The average Bonchev–Trinajstić information content (AvgIpc) is 2.51. The van der Waals surface area contributed by atoms with Crippen LogP contribution in [0.2, 0.25) is 0 Å². The molecule has 0 unspecified atom stereocenters. The van der Waals surface area contributed by atoms with E-state index in [1.54, 1.807) is 0 Å². The fourth-order valence-corrected chi connectivity index (χ4v) is 3.56. The van der Waals surface area contributed by atoms with Gasteiger partial charge in [0.2, 0.25) is 0 Å². The summed E-state index contributed by atoms with van der Waals surface area (Å²) in [7, 11) is 0. The Morgan fingerprint density at radius 3 is 2.77 bits per heavy atom. The van der Waals surface area contributed by atoms with Crippen LogP contribution in [0.15, 0.2) is 35.5 Å². The molecular weight excluding hydrogens is 294 g/mol.